The summed E-state index contributed by atoms with van der Waals surface area (Å²) in [6.45, 7) is 8.29. The van der Waals surface area contributed by atoms with Gasteiger partial charge in [0.1, 0.15) is 0 Å². The first-order valence-corrected chi connectivity index (χ1v) is 7.37. The summed E-state index contributed by atoms with van der Waals surface area (Å²) in [5, 5.41) is 15.1. The van der Waals surface area contributed by atoms with Crippen molar-refractivity contribution in [2.75, 3.05) is 23.8 Å². The molecule has 0 aliphatic carbocycles. The Morgan fingerprint density at radius 3 is 2.52 bits per heavy atom. The number of amides is 2. The number of rotatable bonds is 6. The monoisotopic (exact) mass is 293 g/mol. The van der Waals surface area contributed by atoms with Gasteiger partial charge in [-0.15, -0.1) is 0 Å². The molecule has 118 valence electrons. The van der Waals surface area contributed by atoms with Crippen molar-refractivity contribution < 1.29 is 9.90 Å². The normalized spacial score (nSPS) is 12.4. The Balaban J connectivity index is 2.59. The van der Waals surface area contributed by atoms with E-state index < -0.39 is 6.10 Å². The van der Waals surface area contributed by atoms with Crippen molar-refractivity contribution in [2.24, 2.45) is 5.92 Å². The summed E-state index contributed by atoms with van der Waals surface area (Å²) in [5.41, 5.74) is 1.78. The smallest absolute Gasteiger partial charge is 0.319 e. The average molecular weight is 293 g/mol. The number of anilines is 2. The van der Waals surface area contributed by atoms with Gasteiger partial charge in [0.15, 0.2) is 0 Å². The van der Waals surface area contributed by atoms with Crippen LogP contribution in [0.5, 0.6) is 0 Å². The lowest BCUT2D eigenvalue weighted by Crippen LogP contribution is -2.37. The van der Waals surface area contributed by atoms with Crippen molar-refractivity contribution in [1.29, 1.82) is 0 Å². The maximum atomic E-state index is 11.8. The fraction of sp³-hybridized carbons (Fsp3) is 0.562. The first-order valence-electron chi connectivity index (χ1n) is 7.37. The Kier molecular flexibility index (Phi) is 6.49. The summed E-state index contributed by atoms with van der Waals surface area (Å²) in [7, 11) is 2.02. The van der Waals surface area contributed by atoms with Crippen LogP contribution in [0.1, 0.15) is 27.7 Å². The zero-order chi connectivity index (χ0) is 16.0. The SMILES string of the molecule is CC(C)[C@H](O)CNC(=O)Nc1cccc(N(C)C(C)C)c1. The van der Waals surface area contributed by atoms with Crippen molar-refractivity contribution in [3.05, 3.63) is 24.3 Å². The number of nitrogens with zero attached hydrogens (tertiary/aromatic N) is 1. The Bertz CT molecular complexity index is 461. The Labute approximate surface area is 127 Å². The van der Waals surface area contributed by atoms with Crippen molar-refractivity contribution >= 4 is 17.4 Å². The molecule has 0 fully saturated rings. The highest BCUT2D eigenvalue weighted by molar-refractivity contribution is 5.89. The van der Waals surface area contributed by atoms with Crippen LogP contribution in [0, 0.1) is 5.92 Å². The predicted molar refractivity (Wildman–Crippen MR) is 87.8 cm³/mol. The van der Waals surface area contributed by atoms with Gasteiger partial charge in [-0.2, -0.15) is 0 Å². The second-order valence-corrected chi connectivity index (χ2v) is 5.90. The molecule has 1 atom stereocenters. The highest BCUT2D eigenvalue weighted by atomic mass is 16.3. The van der Waals surface area contributed by atoms with Crippen LogP contribution in [-0.2, 0) is 0 Å². The fourth-order valence-corrected chi connectivity index (χ4v) is 1.71. The van der Waals surface area contributed by atoms with Gasteiger partial charge in [0.25, 0.3) is 0 Å². The van der Waals surface area contributed by atoms with Crippen molar-refractivity contribution in [3.8, 4) is 0 Å². The predicted octanol–water partition coefficient (Wildman–Crippen LogP) is 2.67. The number of hydrogen-bond donors (Lipinski definition) is 3. The van der Waals surface area contributed by atoms with E-state index in [1.165, 1.54) is 0 Å². The van der Waals surface area contributed by atoms with Gasteiger partial charge < -0.3 is 20.6 Å². The number of carbonyl (C=O) groups is 1. The number of urea groups is 1. The third-order valence-electron chi connectivity index (χ3n) is 3.53. The Morgan fingerprint density at radius 2 is 1.95 bits per heavy atom. The topological polar surface area (TPSA) is 64.6 Å². The van der Waals surface area contributed by atoms with Crippen LogP contribution in [0.25, 0.3) is 0 Å². The molecule has 5 nitrogen and oxygen atoms in total. The first kappa shape index (κ1) is 17.3. The number of aliphatic hydroxyl groups excluding tert-OH is 1. The standard InChI is InChI=1S/C16H27N3O2/c1-11(2)15(20)10-17-16(21)18-13-7-6-8-14(9-13)19(5)12(3)4/h6-9,11-12,15,20H,10H2,1-5H3,(H2,17,18,21)/t15-/m1/s1. The summed E-state index contributed by atoms with van der Waals surface area (Å²) in [5.74, 6) is 0.119. The van der Waals surface area contributed by atoms with Crippen LogP contribution in [-0.4, -0.2) is 36.9 Å². The zero-order valence-corrected chi connectivity index (χ0v) is 13.6. The van der Waals surface area contributed by atoms with Crippen LogP contribution in [0.3, 0.4) is 0 Å². The van der Waals surface area contributed by atoms with Gasteiger partial charge in [-0.3, -0.25) is 0 Å². The average Bonchev–Trinajstić information content (AvgIpc) is 2.43. The van der Waals surface area contributed by atoms with Crippen molar-refractivity contribution in [1.82, 2.24) is 5.32 Å². The molecular weight excluding hydrogens is 266 g/mol. The van der Waals surface area contributed by atoms with Crippen LogP contribution in [0.2, 0.25) is 0 Å². The van der Waals surface area contributed by atoms with Crippen LogP contribution in [0.4, 0.5) is 16.2 Å². The van der Waals surface area contributed by atoms with E-state index in [0.29, 0.717) is 6.04 Å². The van der Waals surface area contributed by atoms with Crippen molar-refractivity contribution in [3.63, 3.8) is 0 Å². The fourth-order valence-electron chi connectivity index (χ4n) is 1.71. The highest BCUT2D eigenvalue weighted by Crippen LogP contribution is 2.19. The number of nitrogens with one attached hydrogen (secondary N) is 2. The van der Waals surface area contributed by atoms with Gasteiger partial charge in [-0.1, -0.05) is 19.9 Å². The van der Waals surface area contributed by atoms with E-state index in [4.69, 9.17) is 0 Å². The molecule has 1 aromatic carbocycles. The molecule has 1 aromatic rings. The van der Waals surface area contributed by atoms with E-state index in [9.17, 15) is 9.90 Å². The minimum Gasteiger partial charge on any atom is -0.391 e. The Morgan fingerprint density at radius 1 is 1.29 bits per heavy atom. The molecule has 0 unspecified atom stereocenters. The summed E-state index contributed by atoms with van der Waals surface area (Å²) >= 11 is 0. The lowest BCUT2D eigenvalue weighted by molar-refractivity contribution is 0.126. The molecular formula is C16H27N3O2. The van der Waals surface area contributed by atoms with E-state index in [1.807, 2.05) is 45.2 Å². The molecule has 21 heavy (non-hydrogen) atoms. The zero-order valence-electron chi connectivity index (χ0n) is 13.6. The van der Waals surface area contributed by atoms with Gasteiger partial charge in [0.05, 0.1) is 6.10 Å². The molecule has 0 radical (unpaired) electrons. The number of hydrogen-bond acceptors (Lipinski definition) is 3. The maximum Gasteiger partial charge on any atom is 0.319 e. The summed E-state index contributed by atoms with van der Waals surface area (Å²) < 4.78 is 0. The molecule has 0 aliphatic rings. The molecule has 3 N–H and O–H groups in total. The van der Waals surface area contributed by atoms with Crippen LogP contribution >= 0.6 is 0 Å². The third kappa shape index (κ3) is 5.63. The van der Waals surface area contributed by atoms with Crippen LogP contribution < -0.4 is 15.5 Å². The molecule has 0 bridgehead atoms. The molecule has 1 rings (SSSR count). The lowest BCUT2D eigenvalue weighted by atomic mass is 10.1. The molecule has 0 aliphatic heterocycles. The molecule has 0 saturated carbocycles. The molecule has 0 saturated heterocycles. The number of aliphatic hydroxyl groups is 1. The van der Waals surface area contributed by atoms with Crippen molar-refractivity contribution in [2.45, 2.75) is 39.8 Å². The third-order valence-corrected chi connectivity index (χ3v) is 3.53. The summed E-state index contributed by atoms with van der Waals surface area (Å²) in [6, 6.07) is 7.77. The minimum absolute atomic E-state index is 0.119. The van der Waals surface area contributed by atoms with Gasteiger partial charge in [0.2, 0.25) is 0 Å². The largest absolute Gasteiger partial charge is 0.391 e. The number of benzene rings is 1. The summed E-state index contributed by atoms with van der Waals surface area (Å²) in [6.07, 6.45) is -0.533. The van der Waals surface area contributed by atoms with Gasteiger partial charge >= 0.3 is 6.03 Å². The lowest BCUT2D eigenvalue weighted by Gasteiger charge is -2.24. The van der Waals surface area contributed by atoms with E-state index in [0.717, 1.165) is 11.4 Å². The molecule has 0 aromatic heterocycles. The second kappa shape index (κ2) is 7.88. The molecule has 5 heteroatoms. The van der Waals surface area contributed by atoms with E-state index in [1.54, 1.807) is 0 Å². The minimum atomic E-state index is -0.533. The van der Waals surface area contributed by atoms with Crippen LogP contribution in [0.15, 0.2) is 24.3 Å². The maximum absolute atomic E-state index is 11.8. The quantitative estimate of drug-likeness (QED) is 0.755. The van der Waals surface area contributed by atoms with Gasteiger partial charge in [-0.25, -0.2) is 4.79 Å². The molecule has 0 heterocycles. The number of carbonyl (C=O) groups excluding carboxylic acids is 1. The van der Waals surface area contributed by atoms with Gasteiger partial charge in [-0.05, 0) is 38.0 Å². The Hall–Kier alpha value is -1.75. The first-order chi connectivity index (χ1) is 9.81. The van der Waals surface area contributed by atoms with E-state index in [-0.39, 0.29) is 18.5 Å². The van der Waals surface area contributed by atoms with E-state index in [2.05, 4.69) is 29.4 Å². The second-order valence-electron chi connectivity index (χ2n) is 5.90. The summed E-state index contributed by atoms with van der Waals surface area (Å²) in [4.78, 5) is 13.9. The van der Waals surface area contributed by atoms with E-state index >= 15 is 0 Å². The molecule has 0 spiro atoms. The van der Waals surface area contributed by atoms with Gasteiger partial charge in [0, 0.05) is 31.0 Å². The molecule has 2 amide bonds. The highest BCUT2D eigenvalue weighted by Gasteiger charge is 2.11.